The minimum atomic E-state index is -0.0809. The molecule has 152 valence electrons. The number of rotatable bonds is 9. The van der Waals surface area contributed by atoms with E-state index in [1.54, 1.807) is 11.3 Å². The second-order valence-electron chi connectivity index (χ2n) is 7.16. The molecule has 3 rings (SSSR count). The lowest BCUT2D eigenvalue weighted by atomic mass is 10.0. The molecule has 6 nitrogen and oxygen atoms in total. The van der Waals surface area contributed by atoms with Crippen molar-refractivity contribution >= 4 is 39.6 Å². The number of carbonyl (C=O) groups excluding carboxylic acids is 2. The van der Waals surface area contributed by atoms with Gasteiger partial charge in [0.15, 0.2) is 5.13 Å². The van der Waals surface area contributed by atoms with Crippen LogP contribution in [0.25, 0.3) is 0 Å². The van der Waals surface area contributed by atoms with E-state index < -0.39 is 0 Å². The number of nitrogens with one attached hydrogen (secondary N) is 2. The molecule has 0 unspecified atom stereocenters. The van der Waals surface area contributed by atoms with Crippen molar-refractivity contribution in [1.82, 2.24) is 15.2 Å². The number of thiophene rings is 1. The first kappa shape index (κ1) is 21.0. The van der Waals surface area contributed by atoms with Gasteiger partial charge in [-0.25, -0.2) is 4.98 Å². The van der Waals surface area contributed by atoms with Crippen LogP contribution in [0.3, 0.4) is 0 Å². The first-order valence-electron chi connectivity index (χ1n) is 9.90. The number of hydrogen-bond acceptors (Lipinski definition) is 6. The SMILES string of the molecule is CCCCN1CCC(NC(=O)Cc2csc(NC(=O)Cc3cccs3)n2)CC1. The lowest BCUT2D eigenvalue weighted by Crippen LogP contribution is -2.45. The van der Waals surface area contributed by atoms with Gasteiger partial charge in [-0.05, 0) is 37.3 Å². The van der Waals surface area contributed by atoms with Crippen LogP contribution < -0.4 is 10.6 Å². The van der Waals surface area contributed by atoms with Gasteiger partial charge in [-0.2, -0.15) is 0 Å². The highest BCUT2D eigenvalue weighted by molar-refractivity contribution is 7.14. The number of anilines is 1. The summed E-state index contributed by atoms with van der Waals surface area (Å²) in [5.41, 5.74) is 0.703. The molecule has 2 aromatic heterocycles. The predicted molar refractivity (Wildman–Crippen MR) is 115 cm³/mol. The first-order chi connectivity index (χ1) is 13.6. The molecule has 0 saturated carbocycles. The maximum absolute atomic E-state index is 12.3. The summed E-state index contributed by atoms with van der Waals surface area (Å²) < 4.78 is 0. The number of piperidine rings is 1. The summed E-state index contributed by atoms with van der Waals surface area (Å²) in [4.78, 5) is 32.3. The van der Waals surface area contributed by atoms with E-state index in [2.05, 4.69) is 27.4 Å². The van der Waals surface area contributed by atoms with Crippen molar-refractivity contribution in [3.05, 3.63) is 33.5 Å². The molecule has 2 N–H and O–H groups in total. The molecule has 1 aliphatic heterocycles. The van der Waals surface area contributed by atoms with Gasteiger partial charge in [-0.15, -0.1) is 22.7 Å². The van der Waals surface area contributed by atoms with E-state index in [1.807, 2.05) is 22.9 Å². The highest BCUT2D eigenvalue weighted by Gasteiger charge is 2.20. The van der Waals surface area contributed by atoms with E-state index in [0.29, 0.717) is 17.2 Å². The van der Waals surface area contributed by atoms with E-state index in [-0.39, 0.29) is 24.3 Å². The molecule has 3 heterocycles. The Morgan fingerprint density at radius 1 is 1.21 bits per heavy atom. The predicted octanol–water partition coefficient (Wildman–Crippen LogP) is 3.31. The van der Waals surface area contributed by atoms with Gasteiger partial charge < -0.3 is 15.5 Å². The fourth-order valence-corrected chi connectivity index (χ4v) is 4.74. The quantitative estimate of drug-likeness (QED) is 0.653. The van der Waals surface area contributed by atoms with E-state index in [9.17, 15) is 9.59 Å². The fraction of sp³-hybridized carbons (Fsp3) is 0.550. The molecule has 0 aromatic carbocycles. The Morgan fingerprint density at radius 2 is 2.04 bits per heavy atom. The summed E-state index contributed by atoms with van der Waals surface area (Å²) in [6.45, 7) is 5.49. The van der Waals surface area contributed by atoms with Crippen molar-refractivity contribution in [3.63, 3.8) is 0 Å². The maximum Gasteiger partial charge on any atom is 0.231 e. The van der Waals surface area contributed by atoms with Gasteiger partial charge in [0.1, 0.15) is 0 Å². The van der Waals surface area contributed by atoms with Gasteiger partial charge in [0.2, 0.25) is 11.8 Å². The van der Waals surface area contributed by atoms with Crippen LogP contribution in [-0.2, 0) is 22.4 Å². The number of unbranched alkanes of at least 4 members (excludes halogenated alkanes) is 1. The largest absolute Gasteiger partial charge is 0.353 e. The number of amides is 2. The molecule has 0 aliphatic carbocycles. The van der Waals surface area contributed by atoms with Crippen LogP contribution >= 0.6 is 22.7 Å². The summed E-state index contributed by atoms with van der Waals surface area (Å²) in [5.74, 6) is -0.0728. The van der Waals surface area contributed by atoms with Crippen molar-refractivity contribution in [3.8, 4) is 0 Å². The lowest BCUT2D eigenvalue weighted by Gasteiger charge is -2.32. The third-order valence-electron chi connectivity index (χ3n) is 4.84. The Labute approximate surface area is 174 Å². The molecular weight excluding hydrogens is 392 g/mol. The smallest absolute Gasteiger partial charge is 0.231 e. The molecule has 0 atom stereocenters. The van der Waals surface area contributed by atoms with Crippen molar-refractivity contribution in [2.75, 3.05) is 25.0 Å². The van der Waals surface area contributed by atoms with E-state index in [4.69, 9.17) is 0 Å². The summed E-state index contributed by atoms with van der Waals surface area (Å²) in [5, 5.41) is 10.3. The number of thiazole rings is 1. The van der Waals surface area contributed by atoms with E-state index in [0.717, 1.165) is 37.4 Å². The molecule has 8 heteroatoms. The summed E-state index contributed by atoms with van der Waals surface area (Å²) >= 11 is 2.92. The molecule has 2 aromatic rings. The van der Waals surface area contributed by atoms with Crippen LogP contribution in [0.5, 0.6) is 0 Å². The lowest BCUT2D eigenvalue weighted by molar-refractivity contribution is -0.121. The van der Waals surface area contributed by atoms with Crippen molar-refractivity contribution in [2.45, 2.75) is 51.5 Å². The maximum atomic E-state index is 12.3. The van der Waals surface area contributed by atoms with Crippen molar-refractivity contribution < 1.29 is 9.59 Å². The third kappa shape index (κ3) is 6.68. The summed E-state index contributed by atoms with van der Waals surface area (Å²) in [6.07, 6.45) is 5.10. The van der Waals surface area contributed by atoms with Crippen molar-refractivity contribution in [2.24, 2.45) is 0 Å². The molecule has 0 bridgehead atoms. The van der Waals surface area contributed by atoms with Gasteiger partial charge in [0.05, 0.1) is 18.5 Å². The second-order valence-corrected chi connectivity index (χ2v) is 9.05. The van der Waals surface area contributed by atoms with Crippen LogP contribution in [0.15, 0.2) is 22.9 Å². The van der Waals surface area contributed by atoms with Gasteiger partial charge in [0, 0.05) is 29.4 Å². The first-order valence-corrected chi connectivity index (χ1v) is 11.7. The number of nitrogens with zero attached hydrogens (tertiary/aromatic N) is 2. The Balaban J connectivity index is 1.38. The molecule has 0 spiro atoms. The van der Waals surface area contributed by atoms with Gasteiger partial charge in [-0.3, -0.25) is 9.59 Å². The van der Waals surface area contributed by atoms with Gasteiger partial charge in [0.25, 0.3) is 0 Å². The second kappa shape index (κ2) is 10.7. The van der Waals surface area contributed by atoms with Gasteiger partial charge >= 0.3 is 0 Å². The van der Waals surface area contributed by atoms with Crippen molar-refractivity contribution in [1.29, 1.82) is 0 Å². The van der Waals surface area contributed by atoms with Gasteiger partial charge in [-0.1, -0.05) is 19.4 Å². The molecular formula is C20H28N4O2S2. The zero-order chi connectivity index (χ0) is 19.8. The van der Waals surface area contributed by atoms with Crippen LogP contribution in [0.1, 0.15) is 43.2 Å². The number of carbonyl (C=O) groups is 2. The fourth-order valence-electron chi connectivity index (χ4n) is 3.31. The Morgan fingerprint density at radius 3 is 2.75 bits per heavy atom. The molecule has 28 heavy (non-hydrogen) atoms. The molecule has 1 aliphatic rings. The monoisotopic (exact) mass is 420 g/mol. The number of aromatic nitrogens is 1. The summed E-state index contributed by atoms with van der Waals surface area (Å²) in [6, 6.07) is 4.13. The molecule has 2 amide bonds. The van der Waals surface area contributed by atoms with Crippen LogP contribution in [0.4, 0.5) is 5.13 Å². The highest BCUT2D eigenvalue weighted by atomic mass is 32.1. The minimum absolute atomic E-state index is 0.00812. The Kier molecular flexibility index (Phi) is 8.00. The average molecular weight is 421 g/mol. The normalized spacial score (nSPS) is 15.5. The third-order valence-corrected chi connectivity index (χ3v) is 6.52. The summed E-state index contributed by atoms with van der Waals surface area (Å²) in [7, 11) is 0. The molecule has 0 radical (unpaired) electrons. The zero-order valence-corrected chi connectivity index (χ0v) is 17.9. The highest BCUT2D eigenvalue weighted by Crippen LogP contribution is 2.18. The van der Waals surface area contributed by atoms with E-state index >= 15 is 0 Å². The number of hydrogen-bond donors (Lipinski definition) is 2. The molecule has 1 saturated heterocycles. The van der Waals surface area contributed by atoms with Crippen LogP contribution in [0.2, 0.25) is 0 Å². The number of likely N-dealkylation sites (tertiary alicyclic amines) is 1. The standard InChI is InChI=1S/C20H28N4O2S2/c1-2-3-8-24-9-6-15(7-10-24)21-18(25)12-16-14-28-20(22-16)23-19(26)13-17-5-4-11-27-17/h4-5,11,14-15H,2-3,6-10,12-13H2,1H3,(H,21,25)(H,22,23,26). The van der Waals surface area contributed by atoms with E-state index in [1.165, 1.54) is 24.2 Å². The average Bonchev–Trinajstić information content (AvgIpc) is 3.33. The minimum Gasteiger partial charge on any atom is -0.353 e. The topological polar surface area (TPSA) is 74.3 Å². The van der Waals surface area contributed by atoms with Crippen LogP contribution in [0, 0.1) is 0 Å². The Hall–Kier alpha value is -1.77. The van der Waals surface area contributed by atoms with Crippen LogP contribution in [-0.4, -0.2) is 47.4 Å². The molecule has 1 fully saturated rings. The zero-order valence-electron chi connectivity index (χ0n) is 16.3. The Bertz CT molecular complexity index is 752.